The zero-order valence-corrected chi connectivity index (χ0v) is 12.2. The zero-order chi connectivity index (χ0) is 16.8. The van der Waals surface area contributed by atoms with Crippen LogP contribution in [0.15, 0.2) is 0 Å². The van der Waals surface area contributed by atoms with E-state index < -0.39 is 39.6 Å². The molecule has 0 N–H and O–H groups in total. The molecule has 0 aliphatic carbocycles. The molecule has 0 bridgehead atoms. The van der Waals surface area contributed by atoms with Crippen molar-refractivity contribution in [3.8, 4) is 0 Å². The smallest absolute Gasteiger partial charge is 0.544 e. The van der Waals surface area contributed by atoms with Gasteiger partial charge in [0.2, 0.25) is 0 Å². The number of alkyl halides is 8. The first-order valence-corrected chi connectivity index (χ1v) is 5.15. The number of aliphatic carboxylic acids is 1. The van der Waals surface area contributed by atoms with E-state index in [2.05, 4.69) is 0 Å². The van der Waals surface area contributed by atoms with Crippen LogP contribution in [0, 0.1) is 0 Å². The van der Waals surface area contributed by atoms with Crippen molar-refractivity contribution in [3.05, 3.63) is 0 Å². The number of rotatable bonds is 5. The quantitative estimate of drug-likeness (QED) is 0.305. The van der Waals surface area contributed by atoms with Gasteiger partial charge in [0.25, 0.3) is 0 Å². The molecule has 0 heterocycles. The third kappa shape index (κ3) is 4.14. The Kier molecular flexibility index (Phi) is 6.68. The van der Waals surface area contributed by atoms with E-state index in [1.165, 1.54) is 0 Å². The summed E-state index contributed by atoms with van der Waals surface area (Å²) < 4.78 is 131. The molecule has 5 nitrogen and oxygen atoms in total. The van der Waals surface area contributed by atoms with Crippen LogP contribution in [0.25, 0.3) is 0 Å². The standard InChI is InChI=1S/C5HF9O5S.Na/c6-2(1(15)16,3(7,8)9)19-4(10,11)5(12,13)20(14,17)18;/h(H,15,16);/q;+1/p-1. The summed E-state index contributed by atoms with van der Waals surface area (Å²) in [6.45, 7) is 0. The summed E-state index contributed by atoms with van der Waals surface area (Å²) >= 11 is 0. The summed E-state index contributed by atoms with van der Waals surface area (Å²) in [5, 5.41) is 2.78. The molecule has 0 aromatic carbocycles. The van der Waals surface area contributed by atoms with Crippen LogP contribution in [-0.4, -0.2) is 37.8 Å². The second-order valence-electron chi connectivity index (χ2n) is 2.95. The number of carboxylic acid groups (broad SMARTS) is 1. The van der Waals surface area contributed by atoms with Gasteiger partial charge in [-0.25, -0.2) is 0 Å². The van der Waals surface area contributed by atoms with Crippen LogP contribution in [0.5, 0.6) is 0 Å². The summed E-state index contributed by atoms with van der Waals surface area (Å²) in [6, 6.07) is 0. The van der Waals surface area contributed by atoms with E-state index in [1.807, 2.05) is 0 Å². The monoisotopic (exact) mass is 366 g/mol. The minimum Gasteiger partial charge on any atom is -0.544 e. The van der Waals surface area contributed by atoms with Gasteiger partial charge in [0.1, 0.15) is 5.97 Å². The fraction of sp³-hybridized carbons (Fsp3) is 0.800. The van der Waals surface area contributed by atoms with Crippen LogP contribution in [0.3, 0.4) is 0 Å². The summed E-state index contributed by atoms with van der Waals surface area (Å²) in [7, 11) is -7.56. The summed E-state index contributed by atoms with van der Waals surface area (Å²) in [5.41, 5.74) is 0. The molecule has 0 amide bonds. The molecular formula is C5F9NaO5S. The summed E-state index contributed by atoms with van der Waals surface area (Å²) in [5.74, 6) is -10.6. The summed E-state index contributed by atoms with van der Waals surface area (Å²) in [4.78, 5) is 9.77. The molecule has 0 saturated carbocycles. The Bertz CT molecular complexity index is 501. The fourth-order valence-electron chi connectivity index (χ4n) is 0.593. The second kappa shape index (κ2) is 6.10. The first-order valence-electron chi connectivity index (χ1n) is 3.77. The maximum absolute atomic E-state index is 12.7. The van der Waals surface area contributed by atoms with Crippen molar-refractivity contribution >= 4 is 16.2 Å². The van der Waals surface area contributed by atoms with E-state index in [-0.39, 0.29) is 29.6 Å². The Hall–Kier alpha value is -0.250. The van der Waals surface area contributed by atoms with Gasteiger partial charge >= 0.3 is 63.2 Å². The maximum Gasteiger partial charge on any atom is 1.00 e. The second-order valence-corrected chi connectivity index (χ2v) is 4.34. The molecule has 0 saturated heterocycles. The molecule has 0 aliphatic heterocycles. The Morgan fingerprint density at radius 3 is 1.48 bits per heavy atom. The van der Waals surface area contributed by atoms with Gasteiger partial charge in [-0.15, -0.1) is 0 Å². The molecule has 0 aromatic heterocycles. The van der Waals surface area contributed by atoms with E-state index in [0.717, 1.165) is 0 Å². The molecule has 0 aromatic rings. The molecule has 16 heteroatoms. The average Bonchev–Trinajstić information content (AvgIpc) is 2.12. The molecule has 0 spiro atoms. The van der Waals surface area contributed by atoms with Crippen molar-refractivity contribution in [2.45, 2.75) is 23.4 Å². The predicted molar refractivity (Wildman–Crippen MR) is 35.9 cm³/mol. The third-order valence-corrected chi connectivity index (χ3v) is 2.39. The van der Waals surface area contributed by atoms with E-state index in [9.17, 15) is 57.3 Å². The van der Waals surface area contributed by atoms with Crippen molar-refractivity contribution in [2.75, 3.05) is 0 Å². The maximum atomic E-state index is 12.7. The molecule has 0 aliphatic rings. The van der Waals surface area contributed by atoms with Gasteiger partial charge in [0.05, 0.1) is 0 Å². The van der Waals surface area contributed by atoms with Crippen molar-refractivity contribution < 1.29 is 91.6 Å². The molecule has 21 heavy (non-hydrogen) atoms. The van der Waals surface area contributed by atoms with E-state index in [4.69, 9.17) is 0 Å². The van der Waals surface area contributed by atoms with Crippen molar-refractivity contribution in [3.63, 3.8) is 0 Å². The van der Waals surface area contributed by atoms with Crippen LogP contribution >= 0.6 is 0 Å². The van der Waals surface area contributed by atoms with E-state index in [1.54, 1.807) is 4.74 Å². The van der Waals surface area contributed by atoms with Crippen LogP contribution in [0.2, 0.25) is 0 Å². The number of hydrogen-bond acceptors (Lipinski definition) is 5. The van der Waals surface area contributed by atoms with Crippen LogP contribution < -0.4 is 34.7 Å². The molecule has 0 rings (SSSR count). The molecule has 1 unspecified atom stereocenters. The Morgan fingerprint density at radius 2 is 1.29 bits per heavy atom. The number of carbonyl (C=O) groups excluding carboxylic acids is 1. The molecule has 0 fully saturated rings. The van der Waals surface area contributed by atoms with Crippen LogP contribution in [0.1, 0.15) is 0 Å². The summed E-state index contributed by atoms with van der Waals surface area (Å²) in [6.07, 6.45) is -13.9. The number of hydrogen-bond donors (Lipinski definition) is 0. The van der Waals surface area contributed by atoms with Crippen LogP contribution in [0.4, 0.5) is 39.0 Å². The average molecular weight is 366 g/mol. The number of carboxylic acids is 1. The van der Waals surface area contributed by atoms with Crippen molar-refractivity contribution in [1.29, 1.82) is 0 Å². The first-order chi connectivity index (χ1) is 8.40. The largest absolute Gasteiger partial charge is 1.00 e. The van der Waals surface area contributed by atoms with Gasteiger partial charge in [-0.05, 0) is 0 Å². The Morgan fingerprint density at radius 1 is 0.952 bits per heavy atom. The van der Waals surface area contributed by atoms with Gasteiger partial charge in [-0.3, -0.25) is 4.74 Å². The number of carbonyl (C=O) groups is 1. The Balaban J connectivity index is 0. The predicted octanol–water partition coefficient (Wildman–Crippen LogP) is -2.53. The Labute approximate surface area is 131 Å². The van der Waals surface area contributed by atoms with Gasteiger partial charge in [0.15, 0.2) is 0 Å². The first kappa shape index (κ1) is 23.0. The fourth-order valence-corrected chi connectivity index (χ4v) is 0.919. The van der Waals surface area contributed by atoms with Gasteiger partial charge in [0, 0.05) is 0 Å². The third-order valence-electron chi connectivity index (χ3n) is 1.54. The zero-order valence-electron chi connectivity index (χ0n) is 9.35. The molecule has 1 atom stereocenters. The molecule has 120 valence electrons. The number of ether oxygens (including phenoxy) is 1. The van der Waals surface area contributed by atoms with Crippen LogP contribution in [-0.2, 0) is 19.8 Å². The topological polar surface area (TPSA) is 83.5 Å². The minimum atomic E-state index is -7.56. The van der Waals surface area contributed by atoms with Gasteiger partial charge in [-0.2, -0.15) is 43.5 Å². The molecular weight excluding hydrogens is 366 g/mol. The van der Waals surface area contributed by atoms with E-state index in [0.29, 0.717) is 0 Å². The molecule has 0 radical (unpaired) electrons. The van der Waals surface area contributed by atoms with Gasteiger partial charge in [-0.1, -0.05) is 3.89 Å². The minimum absolute atomic E-state index is 0. The normalized spacial score (nSPS) is 16.8. The van der Waals surface area contributed by atoms with Gasteiger partial charge < -0.3 is 9.90 Å². The SMILES string of the molecule is O=C([O-])C(F)(OC(F)(F)C(F)(F)S(=O)(=O)F)C(F)(F)F.[Na+]. The van der Waals surface area contributed by atoms with E-state index >= 15 is 0 Å². The van der Waals surface area contributed by atoms with Crippen molar-refractivity contribution in [2.24, 2.45) is 0 Å². The number of halogens is 9. The van der Waals surface area contributed by atoms with Crippen molar-refractivity contribution in [1.82, 2.24) is 0 Å².